The molecule has 1 N–H and O–H groups in total. The third-order valence-electron chi connectivity index (χ3n) is 5.10. The SMILES string of the molecule is CCc1ccc(C(=O)OC)cc1S(=O)(=O)Nc1cc(Cl)ccc1N1CCCC(F)(F)C1. The standard InChI is InChI=1S/C21H23ClF2N2O4S/c1-3-14-5-6-15(20(27)30-2)11-19(14)31(28,29)25-17-12-16(22)7-8-18(17)26-10-4-9-21(23,24)13-26/h5-8,11-12,25H,3-4,9-10,13H2,1-2H3. The van der Waals surface area contributed by atoms with Gasteiger partial charge >= 0.3 is 5.97 Å². The second-order valence-electron chi connectivity index (χ2n) is 7.32. The van der Waals surface area contributed by atoms with Gasteiger partial charge in [0.15, 0.2) is 0 Å². The van der Waals surface area contributed by atoms with Crippen molar-refractivity contribution in [3.63, 3.8) is 0 Å². The van der Waals surface area contributed by atoms with E-state index in [1.54, 1.807) is 13.0 Å². The van der Waals surface area contributed by atoms with Gasteiger partial charge in [-0.2, -0.15) is 0 Å². The Kier molecular flexibility index (Phi) is 6.76. The maximum Gasteiger partial charge on any atom is 0.337 e. The molecule has 2 aromatic carbocycles. The Balaban J connectivity index is 2.02. The molecular formula is C21H23ClF2N2O4S. The third kappa shape index (κ3) is 5.27. The molecule has 0 bridgehead atoms. The van der Waals surface area contributed by atoms with Crippen LogP contribution in [0.3, 0.4) is 0 Å². The van der Waals surface area contributed by atoms with Crippen molar-refractivity contribution in [2.45, 2.75) is 37.0 Å². The van der Waals surface area contributed by atoms with Crippen molar-refractivity contribution in [3.05, 3.63) is 52.5 Å². The topological polar surface area (TPSA) is 75.7 Å². The molecule has 1 aliphatic heterocycles. The monoisotopic (exact) mass is 472 g/mol. The Morgan fingerprint density at radius 1 is 1.26 bits per heavy atom. The maximum atomic E-state index is 14.0. The zero-order valence-electron chi connectivity index (χ0n) is 17.1. The first kappa shape index (κ1) is 23.3. The van der Waals surface area contributed by atoms with Crippen LogP contribution < -0.4 is 9.62 Å². The van der Waals surface area contributed by atoms with E-state index in [2.05, 4.69) is 9.46 Å². The van der Waals surface area contributed by atoms with Gasteiger partial charge in [-0.3, -0.25) is 4.72 Å². The molecule has 31 heavy (non-hydrogen) atoms. The van der Waals surface area contributed by atoms with Crippen LogP contribution in [0.2, 0.25) is 5.02 Å². The van der Waals surface area contributed by atoms with Gasteiger partial charge in [-0.15, -0.1) is 0 Å². The first-order valence-electron chi connectivity index (χ1n) is 9.72. The van der Waals surface area contributed by atoms with Gasteiger partial charge in [-0.25, -0.2) is 22.0 Å². The Morgan fingerprint density at radius 3 is 2.65 bits per heavy atom. The number of methoxy groups -OCH3 is 1. The molecule has 0 aliphatic carbocycles. The van der Waals surface area contributed by atoms with E-state index in [0.29, 0.717) is 24.2 Å². The van der Waals surface area contributed by atoms with Crippen LogP contribution in [0, 0.1) is 0 Å². The van der Waals surface area contributed by atoms with Gasteiger partial charge in [0.1, 0.15) is 0 Å². The molecule has 0 spiro atoms. The van der Waals surface area contributed by atoms with Crippen molar-refractivity contribution in [1.29, 1.82) is 0 Å². The van der Waals surface area contributed by atoms with Crippen LogP contribution in [0.4, 0.5) is 20.2 Å². The second kappa shape index (κ2) is 9.00. The molecule has 0 unspecified atom stereocenters. The number of rotatable bonds is 6. The number of nitrogens with zero attached hydrogens (tertiary/aromatic N) is 1. The largest absolute Gasteiger partial charge is 0.465 e. The Morgan fingerprint density at radius 2 is 2.00 bits per heavy atom. The number of piperidine rings is 1. The predicted octanol–water partition coefficient (Wildman–Crippen LogP) is 4.73. The van der Waals surface area contributed by atoms with E-state index in [9.17, 15) is 22.0 Å². The molecule has 2 aromatic rings. The van der Waals surface area contributed by atoms with Crippen LogP contribution in [0.5, 0.6) is 0 Å². The van der Waals surface area contributed by atoms with E-state index >= 15 is 0 Å². The van der Waals surface area contributed by atoms with Gasteiger partial charge in [-0.1, -0.05) is 24.6 Å². The van der Waals surface area contributed by atoms with Crippen molar-refractivity contribution in [1.82, 2.24) is 0 Å². The van der Waals surface area contributed by atoms with Gasteiger partial charge in [-0.05, 0) is 48.7 Å². The molecule has 3 rings (SSSR count). The fraction of sp³-hybridized carbons (Fsp3) is 0.381. The molecule has 1 aliphatic rings. The summed E-state index contributed by atoms with van der Waals surface area (Å²) in [6.45, 7) is 1.64. The third-order valence-corrected chi connectivity index (χ3v) is 6.78. The van der Waals surface area contributed by atoms with Crippen molar-refractivity contribution >= 4 is 39.0 Å². The molecule has 1 heterocycles. The molecule has 1 saturated heterocycles. The minimum Gasteiger partial charge on any atom is -0.465 e. The average molecular weight is 473 g/mol. The van der Waals surface area contributed by atoms with E-state index in [1.165, 1.54) is 42.3 Å². The van der Waals surface area contributed by atoms with Crippen LogP contribution >= 0.6 is 11.6 Å². The lowest BCUT2D eigenvalue weighted by Gasteiger charge is -2.35. The van der Waals surface area contributed by atoms with Crippen LogP contribution in [0.25, 0.3) is 0 Å². The number of anilines is 2. The number of sulfonamides is 1. The lowest BCUT2D eigenvalue weighted by Crippen LogP contribution is -2.43. The highest BCUT2D eigenvalue weighted by Gasteiger charge is 2.36. The number of nitrogens with one attached hydrogen (secondary N) is 1. The number of carbonyl (C=O) groups excluding carboxylic acids is 1. The molecule has 0 amide bonds. The lowest BCUT2D eigenvalue weighted by atomic mass is 10.1. The molecular weight excluding hydrogens is 450 g/mol. The Hall–Kier alpha value is -2.39. The summed E-state index contributed by atoms with van der Waals surface area (Å²) < 4.78 is 61.6. The Bertz CT molecular complexity index is 1090. The summed E-state index contributed by atoms with van der Waals surface area (Å²) in [5.74, 6) is -3.53. The first-order chi connectivity index (χ1) is 14.6. The molecule has 168 valence electrons. The predicted molar refractivity (Wildman–Crippen MR) is 116 cm³/mol. The lowest BCUT2D eigenvalue weighted by molar-refractivity contribution is -0.0116. The number of esters is 1. The van der Waals surface area contributed by atoms with Gasteiger partial charge in [0, 0.05) is 18.0 Å². The van der Waals surface area contributed by atoms with Crippen molar-refractivity contribution < 1.29 is 26.7 Å². The molecule has 0 radical (unpaired) electrons. The van der Waals surface area contributed by atoms with E-state index in [0.717, 1.165) is 0 Å². The van der Waals surface area contributed by atoms with Crippen molar-refractivity contribution in [2.75, 3.05) is 29.8 Å². The zero-order chi connectivity index (χ0) is 22.8. The smallest absolute Gasteiger partial charge is 0.337 e. The van der Waals surface area contributed by atoms with Gasteiger partial charge in [0.2, 0.25) is 0 Å². The maximum absolute atomic E-state index is 14.0. The summed E-state index contributed by atoms with van der Waals surface area (Å²) in [6, 6.07) is 8.71. The molecule has 0 saturated carbocycles. The van der Waals surface area contributed by atoms with Gasteiger partial charge in [0.25, 0.3) is 15.9 Å². The van der Waals surface area contributed by atoms with E-state index in [4.69, 9.17) is 11.6 Å². The number of hydrogen-bond acceptors (Lipinski definition) is 5. The van der Waals surface area contributed by atoms with Gasteiger partial charge < -0.3 is 9.64 Å². The number of benzene rings is 2. The van der Waals surface area contributed by atoms with Crippen LogP contribution in [-0.2, 0) is 21.2 Å². The van der Waals surface area contributed by atoms with Gasteiger partial charge in [0.05, 0.1) is 35.5 Å². The second-order valence-corrected chi connectivity index (χ2v) is 9.40. The van der Waals surface area contributed by atoms with Crippen LogP contribution in [-0.4, -0.2) is 40.5 Å². The Labute approximate surface area is 185 Å². The summed E-state index contributed by atoms with van der Waals surface area (Å²) in [5, 5.41) is 0.254. The summed E-state index contributed by atoms with van der Waals surface area (Å²) in [4.78, 5) is 13.2. The summed E-state index contributed by atoms with van der Waals surface area (Å²) in [7, 11) is -2.95. The van der Waals surface area contributed by atoms with Crippen LogP contribution in [0.15, 0.2) is 41.3 Å². The quantitative estimate of drug-likeness (QED) is 0.615. The first-order valence-corrected chi connectivity index (χ1v) is 11.6. The van der Waals surface area contributed by atoms with E-state index in [-0.39, 0.29) is 34.0 Å². The van der Waals surface area contributed by atoms with Crippen molar-refractivity contribution in [2.24, 2.45) is 0 Å². The number of carbonyl (C=O) groups is 1. The highest BCUT2D eigenvalue weighted by molar-refractivity contribution is 7.92. The fourth-order valence-corrected chi connectivity index (χ4v) is 5.15. The summed E-state index contributed by atoms with van der Waals surface area (Å²) in [5.41, 5.74) is 0.987. The molecule has 10 heteroatoms. The minimum absolute atomic E-state index is 0.0852. The molecule has 0 aromatic heterocycles. The fourth-order valence-electron chi connectivity index (χ4n) is 3.58. The molecule has 0 atom stereocenters. The number of ether oxygens (including phenoxy) is 1. The molecule has 6 nitrogen and oxygen atoms in total. The number of alkyl halides is 2. The summed E-state index contributed by atoms with van der Waals surface area (Å²) in [6.07, 6.45) is 0.472. The molecule has 1 fully saturated rings. The minimum atomic E-state index is -4.16. The van der Waals surface area contributed by atoms with Crippen molar-refractivity contribution in [3.8, 4) is 0 Å². The number of aryl methyl sites for hydroxylation is 1. The van der Waals surface area contributed by atoms with E-state index < -0.39 is 28.5 Å². The number of halogens is 3. The normalized spacial score (nSPS) is 16.1. The zero-order valence-corrected chi connectivity index (χ0v) is 18.7. The number of hydrogen-bond donors (Lipinski definition) is 1. The van der Waals surface area contributed by atoms with E-state index in [1.807, 2.05) is 0 Å². The highest BCUT2D eigenvalue weighted by Crippen LogP contribution is 2.36. The average Bonchev–Trinajstić information content (AvgIpc) is 2.71. The van der Waals surface area contributed by atoms with Crippen LogP contribution in [0.1, 0.15) is 35.7 Å². The highest BCUT2D eigenvalue weighted by atomic mass is 35.5. The summed E-state index contributed by atoms with van der Waals surface area (Å²) >= 11 is 6.07.